The second kappa shape index (κ2) is 13.8. The number of ether oxygens (including phenoxy) is 2. The average molecular weight is 728 g/mol. The van der Waals surface area contributed by atoms with E-state index in [9.17, 15) is 15.3 Å². The zero-order chi connectivity index (χ0) is 37.1. The van der Waals surface area contributed by atoms with Crippen LogP contribution in [0.5, 0.6) is 17.6 Å². The van der Waals surface area contributed by atoms with Crippen molar-refractivity contribution in [2.45, 2.75) is 101 Å². The summed E-state index contributed by atoms with van der Waals surface area (Å²) in [6.45, 7) is 4.17. The van der Waals surface area contributed by atoms with Crippen LogP contribution >= 0.6 is 0 Å². The Kier molecular flexibility index (Phi) is 9.32. The van der Waals surface area contributed by atoms with Gasteiger partial charge in [-0.1, -0.05) is 18.4 Å². The van der Waals surface area contributed by atoms with Gasteiger partial charge in [-0.05, 0) is 101 Å². The van der Waals surface area contributed by atoms with E-state index in [-0.39, 0.29) is 62.7 Å². The van der Waals surface area contributed by atoms with Gasteiger partial charge in [0.2, 0.25) is 5.88 Å². The lowest BCUT2D eigenvalue weighted by atomic mass is 9.73. The molecule has 53 heavy (non-hydrogen) atoms. The van der Waals surface area contributed by atoms with Crippen molar-refractivity contribution in [3.63, 3.8) is 0 Å². The van der Waals surface area contributed by atoms with Crippen molar-refractivity contribution in [1.82, 2.24) is 19.9 Å². The highest BCUT2D eigenvalue weighted by molar-refractivity contribution is 6.04. The van der Waals surface area contributed by atoms with E-state index in [1.54, 1.807) is 0 Å². The maximum atomic E-state index is 17.2. The molecule has 3 unspecified atom stereocenters. The first kappa shape index (κ1) is 35.7. The van der Waals surface area contributed by atoms with E-state index in [4.69, 9.17) is 25.9 Å². The van der Waals surface area contributed by atoms with Gasteiger partial charge in [0.15, 0.2) is 5.82 Å². The molecule has 4 fully saturated rings. The number of likely N-dealkylation sites (tertiary alicyclic amines) is 1. The minimum absolute atomic E-state index is 0.00709. The molecule has 0 bridgehead atoms. The number of phenolic OH excluding ortho intramolecular Hbond substituents is 1. The van der Waals surface area contributed by atoms with Gasteiger partial charge < -0.3 is 29.7 Å². The molecule has 12 heteroatoms. The fraction of sp³-hybridized carbons (Fsp3) is 0.537. The minimum atomic E-state index is -0.833. The van der Waals surface area contributed by atoms with Crippen LogP contribution in [-0.2, 0) is 0 Å². The number of rotatable bonds is 7. The van der Waals surface area contributed by atoms with Crippen molar-refractivity contribution in [3.05, 3.63) is 41.5 Å². The number of anilines is 1. The second-order valence-corrected chi connectivity index (χ2v) is 15.9. The van der Waals surface area contributed by atoms with Gasteiger partial charge in [0.1, 0.15) is 34.0 Å². The number of benzene rings is 2. The summed E-state index contributed by atoms with van der Waals surface area (Å²) in [5.41, 5.74) is -1.05. The van der Waals surface area contributed by atoms with Crippen molar-refractivity contribution in [3.8, 4) is 41.2 Å². The van der Waals surface area contributed by atoms with Gasteiger partial charge in [-0.2, -0.15) is 9.97 Å². The Hall–Kier alpha value is -4.31. The van der Waals surface area contributed by atoms with Crippen LogP contribution in [0.1, 0.15) is 83.1 Å². The smallest absolute Gasteiger partial charge is 0.319 e. The molecule has 10 nitrogen and oxygen atoms in total. The molecule has 2 aromatic carbocycles. The summed E-state index contributed by atoms with van der Waals surface area (Å²) >= 11 is 0. The third-order valence-corrected chi connectivity index (χ3v) is 12.4. The first-order valence-corrected chi connectivity index (χ1v) is 18.9. The van der Waals surface area contributed by atoms with Gasteiger partial charge in [0.05, 0.1) is 31.0 Å². The number of aliphatic hydroxyl groups is 2. The Bertz CT molecular complexity index is 2100. The lowest BCUT2D eigenvalue weighted by Crippen LogP contribution is -2.56. The quantitative estimate of drug-likeness (QED) is 0.182. The maximum absolute atomic E-state index is 17.2. The van der Waals surface area contributed by atoms with Gasteiger partial charge in [-0.3, -0.25) is 4.90 Å². The number of hydrogen-bond acceptors (Lipinski definition) is 10. The number of aromatic hydroxyl groups is 1. The Morgan fingerprint density at radius 1 is 0.981 bits per heavy atom. The summed E-state index contributed by atoms with van der Waals surface area (Å²) in [6.07, 6.45) is 15.2. The molecule has 8 rings (SSSR count). The summed E-state index contributed by atoms with van der Waals surface area (Å²) in [6, 6.07) is 6.19. The second-order valence-electron chi connectivity index (χ2n) is 15.9. The van der Waals surface area contributed by atoms with E-state index < -0.39 is 23.3 Å². The summed E-state index contributed by atoms with van der Waals surface area (Å²) in [5, 5.41) is 32.8. The lowest BCUT2D eigenvalue weighted by molar-refractivity contribution is -0.0567. The molecular formula is C41H47F2N5O5. The first-order chi connectivity index (χ1) is 25.5. The predicted molar refractivity (Wildman–Crippen MR) is 198 cm³/mol. The van der Waals surface area contributed by atoms with Gasteiger partial charge in [0.25, 0.3) is 0 Å². The fourth-order valence-corrected chi connectivity index (χ4v) is 9.76. The standard InChI is InChI=1S/C41H47F2N5O5/c1-4-28-30(42)11-10-24-20-27(50)21-29(32(24)28)35-34(43)36-33(38(44-35)52-3)37(47-18-6-8-26(49)22-47)46-39(45-36)53-23-41-14-5-9-31(41)48(19-7-15-41)25-12-16-40(2,51)17-13-25/h1,10-11,20-21,25-26,31,49-51H,5-9,12-19,22-23H2,2-3H3. The van der Waals surface area contributed by atoms with Crippen LogP contribution in [0.15, 0.2) is 24.3 Å². The highest BCUT2D eigenvalue weighted by Gasteiger charge is 2.50. The summed E-state index contributed by atoms with van der Waals surface area (Å²) in [4.78, 5) is 18.7. The molecular weight excluding hydrogens is 680 g/mol. The third-order valence-electron chi connectivity index (χ3n) is 12.4. The number of methoxy groups -OCH3 is 1. The van der Waals surface area contributed by atoms with Crippen LogP contribution in [0.2, 0.25) is 0 Å². The van der Waals surface area contributed by atoms with Crippen LogP contribution < -0.4 is 14.4 Å². The summed E-state index contributed by atoms with van der Waals surface area (Å²) in [7, 11) is 1.41. The van der Waals surface area contributed by atoms with E-state index in [1.165, 1.54) is 31.4 Å². The normalized spacial score (nSPS) is 27.9. The molecule has 2 saturated carbocycles. The summed E-state index contributed by atoms with van der Waals surface area (Å²) < 4.78 is 44.6. The number of piperidine rings is 2. The average Bonchev–Trinajstić information content (AvgIpc) is 3.59. The number of fused-ring (bicyclic) bond motifs is 3. The number of hydrogen-bond donors (Lipinski definition) is 3. The molecule has 4 aliphatic rings. The molecule has 280 valence electrons. The first-order valence-electron chi connectivity index (χ1n) is 18.9. The molecule has 4 aromatic rings. The van der Waals surface area contributed by atoms with Crippen LogP contribution in [0, 0.1) is 29.4 Å². The van der Waals surface area contributed by atoms with Gasteiger partial charge in [-0.15, -0.1) is 6.42 Å². The SMILES string of the molecule is C#Cc1c(F)ccc2cc(O)cc(-c3nc(OC)c4c(N5CCCC(O)C5)nc(OCC56CCCC5N(C5CCC(C)(O)CC5)CCC6)nc4c3F)c12. The van der Waals surface area contributed by atoms with E-state index in [2.05, 4.69) is 15.8 Å². The predicted octanol–water partition coefficient (Wildman–Crippen LogP) is 6.49. The topological polar surface area (TPSA) is 124 Å². The molecule has 2 aliphatic heterocycles. The van der Waals surface area contributed by atoms with E-state index in [1.807, 2.05) is 11.8 Å². The largest absolute Gasteiger partial charge is 0.508 e. The Balaban J connectivity index is 1.23. The number of aliphatic hydroxyl groups excluding tert-OH is 1. The van der Waals surface area contributed by atoms with Gasteiger partial charge in [-0.25, -0.2) is 13.8 Å². The Morgan fingerprint density at radius 2 is 1.77 bits per heavy atom. The van der Waals surface area contributed by atoms with Crippen molar-refractivity contribution in [2.24, 2.45) is 5.41 Å². The Labute approximate surface area is 308 Å². The molecule has 2 aromatic heterocycles. The molecule has 0 radical (unpaired) electrons. The van der Waals surface area contributed by atoms with E-state index >= 15 is 8.78 Å². The highest BCUT2D eigenvalue weighted by atomic mass is 19.1. The number of halogens is 2. The number of β-amino-alcohol motifs (C(OH)–C–C–N with tert-alkyl or cyclic N) is 1. The molecule has 0 spiro atoms. The van der Waals surface area contributed by atoms with Crippen molar-refractivity contribution < 1.29 is 33.6 Å². The third kappa shape index (κ3) is 6.40. The zero-order valence-electron chi connectivity index (χ0n) is 30.4. The minimum Gasteiger partial charge on any atom is -0.508 e. The van der Waals surface area contributed by atoms with Crippen LogP contribution in [0.25, 0.3) is 32.9 Å². The van der Waals surface area contributed by atoms with Gasteiger partial charge in [0, 0.05) is 41.5 Å². The van der Waals surface area contributed by atoms with E-state index in [0.29, 0.717) is 49.3 Å². The van der Waals surface area contributed by atoms with Crippen molar-refractivity contribution >= 4 is 27.5 Å². The zero-order valence-corrected chi connectivity index (χ0v) is 30.4. The number of aromatic nitrogens is 3. The molecule has 2 saturated heterocycles. The molecule has 3 atom stereocenters. The highest BCUT2D eigenvalue weighted by Crippen LogP contribution is 2.50. The molecule has 0 amide bonds. The van der Waals surface area contributed by atoms with Crippen LogP contribution in [-0.4, -0.2) is 92.3 Å². The van der Waals surface area contributed by atoms with Crippen molar-refractivity contribution in [2.75, 3.05) is 38.3 Å². The van der Waals surface area contributed by atoms with Crippen LogP contribution in [0.3, 0.4) is 0 Å². The number of terminal acetylenes is 1. The number of nitrogens with zero attached hydrogens (tertiary/aromatic N) is 5. The molecule has 4 heterocycles. The molecule has 2 aliphatic carbocycles. The summed E-state index contributed by atoms with van der Waals surface area (Å²) in [5.74, 6) is 1.08. The monoisotopic (exact) mass is 727 g/mol. The van der Waals surface area contributed by atoms with Crippen molar-refractivity contribution in [1.29, 1.82) is 0 Å². The van der Waals surface area contributed by atoms with Crippen LogP contribution in [0.4, 0.5) is 14.6 Å². The fourth-order valence-electron chi connectivity index (χ4n) is 9.76. The maximum Gasteiger partial charge on any atom is 0.319 e. The number of pyridine rings is 1. The lowest BCUT2D eigenvalue weighted by Gasteiger charge is -2.51. The number of phenols is 1. The molecule has 3 N–H and O–H groups in total. The van der Waals surface area contributed by atoms with E-state index in [0.717, 1.165) is 64.3 Å². The van der Waals surface area contributed by atoms with Gasteiger partial charge >= 0.3 is 6.01 Å². The Morgan fingerprint density at radius 3 is 2.53 bits per heavy atom.